The van der Waals surface area contributed by atoms with Crippen LogP contribution in [0.5, 0.6) is 0 Å². The lowest BCUT2D eigenvalue weighted by Crippen LogP contribution is -2.58. The van der Waals surface area contributed by atoms with E-state index >= 15 is 0 Å². The highest BCUT2D eigenvalue weighted by molar-refractivity contribution is 5.86. The highest BCUT2D eigenvalue weighted by atomic mass is 35.5. The van der Waals surface area contributed by atoms with Gasteiger partial charge < -0.3 is 15.2 Å². The predicted molar refractivity (Wildman–Crippen MR) is 85.6 cm³/mol. The molecule has 1 aliphatic heterocycles. The number of hydrogen-bond acceptors (Lipinski definition) is 6. The third-order valence-corrected chi connectivity index (χ3v) is 3.85. The SMILES string of the molecule is CCCC(C)(N)C(=O)N1CCN(Cc2noc(C)n2)CC1.Cl. The summed E-state index contributed by atoms with van der Waals surface area (Å²) >= 11 is 0. The summed E-state index contributed by atoms with van der Waals surface area (Å²) in [6, 6.07) is 0. The molecule has 1 amide bonds. The molecule has 8 heteroatoms. The fraction of sp³-hybridized carbons (Fsp3) is 0.786. The van der Waals surface area contributed by atoms with Gasteiger partial charge in [-0.25, -0.2) is 0 Å². The van der Waals surface area contributed by atoms with Gasteiger partial charge in [-0.3, -0.25) is 9.69 Å². The molecule has 0 radical (unpaired) electrons. The number of carbonyl (C=O) groups excluding carboxylic acids is 1. The van der Waals surface area contributed by atoms with Crippen molar-refractivity contribution in [2.24, 2.45) is 5.73 Å². The summed E-state index contributed by atoms with van der Waals surface area (Å²) in [5, 5.41) is 3.90. The van der Waals surface area contributed by atoms with E-state index in [2.05, 4.69) is 15.0 Å². The molecular weight excluding hydrogens is 306 g/mol. The first-order chi connectivity index (χ1) is 9.92. The summed E-state index contributed by atoms with van der Waals surface area (Å²) in [6.07, 6.45) is 1.63. The maximum Gasteiger partial charge on any atom is 0.242 e. The molecule has 0 aliphatic carbocycles. The summed E-state index contributed by atoms with van der Waals surface area (Å²) in [5.74, 6) is 1.33. The first kappa shape index (κ1) is 18.9. The lowest BCUT2D eigenvalue weighted by Gasteiger charge is -2.38. The Morgan fingerprint density at radius 3 is 2.50 bits per heavy atom. The molecular formula is C14H26ClN5O2. The van der Waals surface area contributed by atoms with Crippen LogP contribution < -0.4 is 5.73 Å². The molecule has 7 nitrogen and oxygen atoms in total. The van der Waals surface area contributed by atoms with Crippen LogP contribution in [-0.2, 0) is 11.3 Å². The zero-order chi connectivity index (χ0) is 15.5. The Labute approximate surface area is 137 Å². The van der Waals surface area contributed by atoms with Crippen molar-refractivity contribution in [2.45, 2.75) is 45.7 Å². The number of aryl methyl sites for hydroxylation is 1. The van der Waals surface area contributed by atoms with Crippen LogP contribution in [0.2, 0.25) is 0 Å². The molecule has 2 N–H and O–H groups in total. The summed E-state index contributed by atoms with van der Waals surface area (Å²) < 4.78 is 4.97. The molecule has 1 aromatic heterocycles. The molecule has 0 spiro atoms. The smallest absolute Gasteiger partial charge is 0.242 e. The van der Waals surface area contributed by atoms with Gasteiger partial charge in [0.25, 0.3) is 0 Å². The van der Waals surface area contributed by atoms with E-state index < -0.39 is 5.54 Å². The Morgan fingerprint density at radius 1 is 1.36 bits per heavy atom. The number of nitrogens with zero attached hydrogens (tertiary/aromatic N) is 4. The van der Waals surface area contributed by atoms with Gasteiger partial charge in [-0.1, -0.05) is 18.5 Å². The highest BCUT2D eigenvalue weighted by Gasteiger charge is 2.33. The van der Waals surface area contributed by atoms with Gasteiger partial charge in [0.05, 0.1) is 12.1 Å². The Bertz CT molecular complexity index is 483. The molecule has 0 saturated carbocycles. The van der Waals surface area contributed by atoms with Crippen LogP contribution in [-0.4, -0.2) is 57.6 Å². The van der Waals surface area contributed by atoms with Gasteiger partial charge in [0.2, 0.25) is 11.8 Å². The predicted octanol–water partition coefficient (Wildman–Crippen LogP) is 0.962. The van der Waals surface area contributed by atoms with Gasteiger partial charge in [0.1, 0.15) is 0 Å². The molecule has 0 aromatic carbocycles. The van der Waals surface area contributed by atoms with Crippen molar-refractivity contribution in [3.8, 4) is 0 Å². The van der Waals surface area contributed by atoms with Crippen molar-refractivity contribution >= 4 is 18.3 Å². The second-order valence-electron chi connectivity index (χ2n) is 5.97. The number of hydrogen-bond donors (Lipinski definition) is 1. The number of piperazine rings is 1. The molecule has 1 atom stereocenters. The van der Waals surface area contributed by atoms with Gasteiger partial charge in [-0.05, 0) is 13.3 Å². The van der Waals surface area contributed by atoms with Gasteiger partial charge in [0, 0.05) is 33.1 Å². The van der Waals surface area contributed by atoms with Gasteiger partial charge in [0.15, 0.2) is 5.82 Å². The zero-order valence-corrected chi connectivity index (χ0v) is 14.4. The monoisotopic (exact) mass is 331 g/mol. The van der Waals surface area contributed by atoms with E-state index in [9.17, 15) is 4.79 Å². The Kier molecular flexibility index (Phi) is 6.77. The molecule has 2 heterocycles. The third kappa shape index (κ3) is 4.66. The van der Waals surface area contributed by atoms with E-state index in [1.807, 2.05) is 18.7 Å². The van der Waals surface area contributed by atoms with Crippen LogP contribution in [0, 0.1) is 6.92 Å². The Hall–Kier alpha value is -1.18. The van der Waals surface area contributed by atoms with Crippen LogP contribution in [0.4, 0.5) is 0 Å². The van der Waals surface area contributed by atoms with Crippen molar-refractivity contribution < 1.29 is 9.32 Å². The van der Waals surface area contributed by atoms with E-state index in [-0.39, 0.29) is 18.3 Å². The maximum absolute atomic E-state index is 12.4. The molecule has 1 unspecified atom stereocenters. The normalized spacial score (nSPS) is 18.6. The van der Waals surface area contributed by atoms with Crippen LogP contribution in [0.1, 0.15) is 38.4 Å². The zero-order valence-electron chi connectivity index (χ0n) is 13.5. The van der Waals surface area contributed by atoms with Gasteiger partial charge >= 0.3 is 0 Å². The molecule has 1 aliphatic rings. The topological polar surface area (TPSA) is 88.5 Å². The molecule has 126 valence electrons. The first-order valence-electron chi connectivity index (χ1n) is 7.52. The summed E-state index contributed by atoms with van der Waals surface area (Å²) in [4.78, 5) is 20.7. The standard InChI is InChI=1S/C14H25N5O2.ClH/c1-4-5-14(3,15)13(20)19-8-6-18(7-9-19)10-12-16-11(2)21-17-12;/h4-10,15H2,1-3H3;1H. The van der Waals surface area contributed by atoms with Crippen molar-refractivity contribution in [3.05, 3.63) is 11.7 Å². The quantitative estimate of drug-likeness (QED) is 0.864. The van der Waals surface area contributed by atoms with Crippen LogP contribution in [0.25, 0.3) is 0 Å². The van der Waals surface area contributed by atoms with E-state index in [0.717, 1.165) is 19.5 Å². The fourth-order valence-corrected chi connectivity index (χ4v) is 2.70. The largest absolute Gasteiger partial charge is 0.340 e. The summed E-state index contributed by atoms with van der Waals surface area (Å²) in [6.45, 7) is 9.33. The lowest BCUT2D eigenvalue weighted by molar-refractivity contribution is -0.138. The van der Waals surface area contributed by atoms with Crippen LogP contribution in [0.15, 0.2) is 4.52 Å². The minimum absolute atomic E-state index is 0. The fourth-order valence-electron chi connectivity index (χ4n) is 2.70. The molecule has 1 aromatic rings. The summed E-state index contributed by atoms with van der Waals surface area (Å²) in [5.41, 5.74) is 5.38. The number of nitrogens with two attached hydrogens (primary N) is 1. The lowest BCUT2D eigenvalue weighted by atomic mass is 9.95. The van der Waals surface area contributed by atoms with E-state index in [1.165, 1.54) is 0 Å². The number of rotatable bonds is 5. The highest BCUT2D eigenvalue weighted by Crippen LogP contribution is 2.15. The number of amides is 1. The second-order valence-corrected chi connectivity index (χ2v) is 5.97. The van der Waals surface area contributed by atoms with Gasteiger partial charge in [-0.15, -0.1) is 12.4 Å². The van der Waals surface area contributed by atoms with E-state index in [1.54, 1.807) is 6.92 Å². The Balaban J connectivity index is 0.00000242. The van der Waals surface area contributed by atoms with E-state index in [0.29, 0.717) is 37.8 Å². The van der Waals surface area contributed by atoms with Crippen molar-refractivity contribution in [2.75, 3.05) is 26.2 Å². The number of aromatic nitrogens is 2. The maximum atomic E-state index is 12.4. The van der Waals surface area contributed by atoms with Crippen molar-refractivity contribution in [3.63, 3.8) is 0 Å². The minimum atomic E-state index is -0.748. The van der Waals surface area contributed by atoms with Crippen LogP contribution >= 0.6 is 12.4 Å². The third-order valence-electron chi connectivity index (χ3n) is 3.85. The molecule has 22 heavy (non-hydrogen) atoms. The van der Waals surface area contributed by atoms with Crippen molar-refractivity contribution in [1.82, 2.24) is 19.9 Å². The first-order valence-corrected chi connectivity index (χ1v) is 7.52. The summed E-state index contributed by atoms with van der Waals surface area (Å²) in [7, 11) is 0. The van der Waals surface area contributed by atoms with Gasteiger partial charge in [-0.2, -0.15) is 4.98 Å². The molecule has 0 bridgehead atoms. The second kappa shape index (κ2) is 7.89. The number of carbonyl (C=O) groups is 1. The van der Waals surface area contributed by atoms with Crippen molar-refractivity contribution in [1.29, 1.82) is 0 Å². The molecule has 2 rings (SSSR count). The average Bonchev–Trinajstić information content (AvgIpc) is 2.84. The van der Waals surface area contributed by atoms with Crippen LogP contribution in [0.3, 0.4) is 0 Å². The van der Waals surface area contributed by atoms with E-state index in [4.69, 9.17) is 10.3 Å². The molecule has 1 fully saturated rings. The Morgan fingerprint density at radius 2 is 2.00 bits per heavy atom. The molecule has 1 saturated heterocycles. The average molecular weight is 332 g/mol. The number of halogens is 1. The minimum Gasteiger partial charge on any atom is -0.340 e.